The van der Waals surface area contributed by atoms with Crippen LogP contribution in [0.5, 0.6) is 0 Å². The number of hydrogen-bond donors (Lipinski definition) is 3. The maximum Gasteiger partial charge on any atom is 0.239 e. The van der Waals surface area contributed by atoms with Crippen molar-refractivity contribution in [2.24, 2.45) is 11.7 Å². The molecule has 1 aliphatic rings. The summed E-state index contributed by atoms with van der Waals surface area (Å²) in [5.41, 5.74) is 5.75. The summed E-state index contributed by atoms with van der Waals surface area (Å²) in [4.78, 5) is 30.3. The monoisotopic (exact) mass is 333 g/mol. The maximum absolute atomic E-state index is 12.0. The fourth-order valence-electron chi connectivity index (χ4n) is 2.66. The van der Waals surface area contributed by atoms with Crippen molar-refractivity contribution >= 4 is 17.6 Å². The molecule has 7 nitrogen and oxygen atoms in total. The van der Waals surface area contributed by atoms with E-state index in [4.69, 9.17) is 5.73 Å². The summed E-state index contributed by atoms with van der Waals surface area (Å²) < 4.78 is 0. The molecule has 1 fully saturated rings. The average Bonchev–Trinajstić information content (AvgIpc) is 2.60. The topological polar surface area (TPSA) is 100 Å². The third-order valence-electron chi connectivity index (χ3n) is 4.28. The first kappa shape index (κ1) is 18.2. The molecule has 0 radical (unpaired) electrons. The molecule has 7 heteroatoms. The normalized spacial score (nSPS) is 16.8. The van der Waals surface area contributed by atoms with E-state index in [2.05, 4.69) is 20.5 Å². The van der Waals surface area contributed by atoms with Gasteiger partial charge in [-0.2, -0.15) is 0 Å². The first-order chi connectivity index (χ1) is 11.5. The molecule has 0 unspecified atom stereocenters. The minimum atomic E-state index is -0.584. The minimum absolute atomic E-state index is 0.0281. The van der Waals surface area contributed by atoms with Crippen LogP contribution in [0.4, 0.5) is 5.82 Å². The second kappa shape index (κ2) is 8.63. The fourth-order valence-corrected chi connectivity index (χ4v) is 2.66. The van der Waals surface area contributed by atoms with Crippen LogP contribution in [0.3, 0.4) is 0 Å². The highest BCUT2D eigenvalue weighted by atomic mass is 16.2. The van der Waals surface area contributed by atoms with Crippen molar-refractivity contribution in [3.63, 3.8) is 0 Å². The van der Waals surface area contributed by atoms with E-state index in [0.29, 0.717) is 0 Å². The maximum atomic E-state index is 12.0. The second-order valence-corrected chi connectivity index (χ2v) is 6.50. The van der Waals surface area contributed by atoms with Gasteiger partial charge in [-0.3, -0.25) is 9.59 Å². The molecule has 1 saturated heterocycles. The van der Waals surface area contributed by atoms with Crippen molar-refractivity contribution in [3.8, 4) is 0 Å². The van der Waals surface area contributed by atoms with Gasteiger partial charge in [0.15, 0.2) is 0 Å². The largest absolute Gasteiger partial charge is 0.356 e. The number of hydrogen-bond acceptors (Lipinski definition) is 5. The Morgan fingerprint density at radius 1 is 1.33 bits per heavy atom. The lowest BCUT2D eigenvalue weighted by Gasteiger charge is -2.33. The van der Waals surface area contributed by atoms with Crippen LogP contribution in [0.15, 0.2) is 24.4 Å². The summed E-state index contributed by atoms with van der Waals surface area (Å²) in [6.07, 6.45) is 3.51. The molecule has 0 bridgehead atoms. The van der Waals surface area contributed by atoms with Gasteiger partial charge in [-0.25, -0.2) is 4.98 Å². The number of nitrogens with one attached hydrogen (secondary N) is 2. The summed E-state index contributed by atoms with van der Waals surface area (Å²) in [5.74, 6) is 0.557. The lowest BCUT2D eigenvalue weighted by molar-refractivity contribution is -0.127. The molecular formula is C17H27N5O2. The van der Waals surface area contributed by atoms with Gasteiger partial charge in [-0.1, -0.05) is 19.9 Å². The summed E-state index contributed by atoms with van der Waals surface area (Å²) >= 11 is 0. The summed E-state index contributed by atoms with van der Waals surface area (Å²) in [7, 11) is 0. The van der Waals surface area contributed by atoms with E-state index >= 15 is 0 Å². The van der Waals surface area contributed by atoms with Gasteiger partial charge in [0.1, 0.15) is 5.82 Å². The molecule has 0 spiro atoms. The Morgan fingerprint density at radius 2 is 2.04 bits per heavy atom. The zero-order valence-corrected chi connectivity index (χ0v) is 14.4. The van der Waals surface area contributed by atoms with Crippen molar-refractivity contribution in [1.29, 1.82) is 0 Å². The van der Waals surface area contributed by atoms with Crippen LogP contribution in [-0.4, -0.2) is 48.5 Å². The van der Waals surface area contributed by atoms with Crippen molar-refractivity contribution in [3.05, 3.63) is 24.4 Å². The van der Waals surface area contributed by atoms with Crippen molar-refractivity contribution in [2.45, 2.75) is 38.8 Å². The van der Waals surface area contributed by atoms with Crippen LogP contribution in [-0.2, 0) is 9.59 Å². The Kier molecular flexibility index (Phi) is 6.54. The Balaban J connectivity index is 1.70. The number of anilines is 1. The quantitative estimate of drug-likeness (QED) is 0.694. The van der Waals surface area contributed by atoms with Gasteiger partial charge >= 0.3 is 0 Å². The average molecular weight is 333 g/mol. The Labute approximate surface area is 143 Å². The molecule has 1 aromatic heterocycles. The highest BCUT2D eigenvalue weighted by Crippen LogP contribution is 2.17. The number of piperidine rings is 1. The second-order valence-electron chi connectivity index (χ2n) is 6.50. The Hall–Kier alpha value is -2.15. The molecule has 1 aliphatic heterocycles. The molecular weight excluding hydrogens is 306 g/mol. The van der Waals surface area contributed by atoms with E-state index in [0.717, 1.165) is 31.7 Å². The molecule has 0 aromatic carbocycles. The number of nitrogens with two attached hydrogens (primary N) is 1. The summed E-state index contributed by atoms with van der Waals surface area (Å²) in [5, 5.41) is 5.56. The third-order valence-corrected chi connectivity index (χ3v) is 4.28. The first-order valence-electron chi connectivity index (χ1n) is 8.46. The Bertz CT molecular complexity index is 541. The lowest BCUT2D eigenvalue weighted by atomic mass is 10.0. The number of carbonyl (C=O) groups excluding carboxylic acids is 2. The van der Waals surface area contributed by atoms with Crippen LogP contribution in [0.1, 0.15) is 26.7 Å². The number of carbonyl (C=O) groups is 2. The molecule has 4 N–H and O–H groups in total. The van der Waals surface area contributed by atoms with Gasteiger partial charge < -0.3 is 21.3 Å². The SMILES string of the molecule is CC(C)[C@H](N)C(=O)NCC(=O)NC1CCN(c2ccccn2)CC1. The van der Waals surface area contributed by atoms with E-state index in [-0.39, 0.29) is 30.3 Å². The minimum Gasteiger partial charge on any atom is -0.356 e. The first-order valence-corrected chi connectivity index (χ1v) is 8.46. The standard InChI is InChI=1S/C17H27N5O2/c1-12(2)16(18)17(24)20-11-15(23)21-13-6-9-22(10-7-13)14-5-3-4-8-19-14/h3-5,8,12-13,16H,6-7,9-11,18H2,1-2H3,(H,20,24)(H,21,23)/t16-/m0/s1. The summed E-state index contributed by atoms with van der Waals surface area (Å²) in [6, 6.07) is 5.41. The third kappa shape index (κ3) is 5.19. The predicted octanol–water partition coefficient (Wildman–Crippen LogP) is 0.266. The van der Waals surface area contributed by atoms with Crippen molar-refractivity contribution < 1.29 is 9.59 Å². The van der Waals surface area contributed by atoms with Gasteiger partial charge in [-0.05, 0) is 30.9 Å². The molecule has 2 amide bonds. The molecule has 1 atom stereocenters. The number of pyridine rings is 1. The molecule has 0 saturated carbocycles. The zero-order chi connectivity index (χ0) is 17.5. The van der Waals surface area contributed by atoms with E-state index in [9.17, 15) is 9.59 Å². The number of nitrogens with zero attached hydrogens (tertiary/aromatic N) is 2. The number of aromatic nitrogens is 1. The zero-order valence-electron chi connectivity index (χ0n) is 14.4. The van der Waals surface area contributed by atoms with Crippen LogP contribution in [0, 0.1) is 5.92 Å². The van der Waals surface area contributed by atoms with Crippen LogP contribution < -0.4 is 21.3 Å². The van der Waals surface area contributed by atoms with Gasteiger partial charge in [0.25, 0.3) is 0 Å². The predicted molar refractivity (Wildman–Crippen MR) is 93.4 cm³/mol. The fraction of sp³-hybridized carbons (Fsp3) is 0.588. The van der Waals surface area contributed by atoms with Crippen LogP contribution >= 0.6 is 0 Å². The van der Waals surface area contributed by atoms with Crippen LogP contribution in [0.25, 0.3) is 0 Å². The number of rotatable bonds is 6. The van der Waals surface area contributed by atoms with Crippen molar-refractivity contribution in [2.75, 3.05) is 24.5 Å². The molecule has 2 heterocycles. The molecule has 1 aromatic rings. The van der Waals surface area contributed by atoms with Gasteiger partial charge in [0.2, 0.25) is 11.8 Å². The van der Waals surface area contributed by atoms with E-state index in [1.807, 2.05) is 32.0 Å². The molecule has 24 heavy (non-hydrogen) atoms. The Morgan fingerprint density at radius 3 is 2.62 bits per heavy atom. The highest BCUT2D eigenvalue weighted by Gasteiger charge is 2.22. The molecule has 0 aliphatic carbocycles. The lowest BCUT2D eigenvalue weighted by Crippen LogP contribution is -2.50. The molecule has 2 rings (SSSR count). The molecule has 132 valence electrons. The van der Waals surface area contributed by atoms with Gasteiger partial charge in [0.05, 0.1) is 12.6 Å². The smallest absolute Gasteiger partial charge is 0.239 e. The highest BCUT2D eigenvalue weighted by molar-refractivity contribution is 5.87. The van der Waals surface area contributed by atoms with Crippen LogP contribution in [0.2, 0.25) is 0 Å². The van der Waals surface area contributed by atoms with E-state index in [1.165, 1.54) is 0 Å². The van der Waals surface area contributed by atoms with E-state index < -0.39 is 6.04 Å². The van der Waals surface area contributed by atoms with E-state index in [1.54, 1.807) is 6.20 Å². The van der Waals surface area contributed by atoms with Gasteiger partial charge in [-0.15, -0.1) is 0 Å². The summed E-state index contributed by atoms with van der Waals surface area (Å²) in [6.45, 7) is 5.43. The van der Waals surface area contributed by atoms with Gasteiger partial charge in [0, 0.05) is 25.3 Å². The van der Waals surface area contributed by atoms with Crippen molar-refractivity contribution in [1.82, 2.24) is 15.6 Å². The number of amides is 2.